The lowest BCUT2D eigenvalue weighted by Crippen LogP contribution is -2.35. The maximum absolute atomic E-state index is 6.41. The molecule has 3 nitrogen and oxygen atoms in total. The Morgan fingerprint density at radius 2 is 1.62 bits per heavy atom. The number of halogens is 1. The predicted molar refractivity (Wildman–Crippen MR) is 131 cm³/mol. The van der Waals surface area contributed by atoms with E-state index in [1.165, 1.54) is 33.0 Å². The number of nitrogens with zero attached hydrogens (tertiary/aromatic N) is 1. The lowest BCUT2D eigenvalue weighted by molar-refractivity contribution is 0.203. The summed E-state index contributed by atoms with van der Waals surface area (Å²) < 4.78 is 11.2. The van der Waals surface area contributed by atoms with E-state index >= 15 is 0 Å². The van der Waals surface area contributed by atoms with Gasteiger partial charge in [0.2, 0.25) is 0 Å². The SMILES string of the molecule is COc1cc2c(cc1OC)[C@H](c1cccc(Cl)c1)N(Cc1ccc3ccccc3c1)CC2. The van der Waals surface area contributed by atoms with Crippen molar-refractivity contribution in [2.45, 2.75) is 19.0 Å². The summed E-state index contributed by atoms with van der Waals surface area (Å²) in [5.41, 5.74) is 5.03. The first-order chi connectivity index (χ1) is 15.7. The summed E-state index contributed by atoms with van der Waals surface area (Å²) in [5, 5.41) is 3.29. The van der Waals surface area contributed by atoms with Gasteiger partial charge in [0.25, 0.3) is 0 Å². The van der Waals surface area contributed by atoms with Crippen LogP contribution < -0.4 is 9.47 Å². The van der Waals surface area contributed by atoms with E-state index in [0.29, 0.717) is 0 Å². The van der Waals surface area contributed by atoms with Crippen molar-refractivity contribution in [1.29, 1.82) is 0 Å². The summed E-state index contributed by atoms with van der Waals surface area (Å²) in [6.45, 7) is 1.81. The lowest BCUT2D eigenvalue weighted by Gasteiger charge is -2.38. The number of fused-ring (bicyclic) bond motifs is 2. The molecule has 0 aliphatic carbocycles. The quantitative estimate of drug-likeness (QED) is 0.344. The Morgan fingerprint density at radius 3 is 2.41 bits per heavy atom. The van der Waals surface area contributed by atoms with E-state index in [-0.39, 0.29) is 6.04 Å². The van der Waals surface area contributed by atoms with Gasteiger partial charge in [0.1, 0.15) is 0 Å². The number of hydrogen-bond donors (Lipinski definition) is 0. The third-order valence-electron chi connectivity index (χ3n) is 6.34. The first-order valence-electron chi connectivity index (χ1n) is 10.9. The summed E-state index contributed by atoms with van der Waals surface area (Å²) in [7, 11) is 3.38. The van der Waals surface area contributed by atoms with Crippen LogP contribution in [0.2, 0.25) is 5.02 Å². The molecule has 0 amide bonds. The van der Waals surface area contributed by atoms with Crippen LogP contribution in [-0.2, 0) is 13.0 Å². The van der Waals surface area contributed by atoms with Crippen molar-refractivity contribution in [3.8, 4) is 11.5 Å². The van der Waals surface area contributed by atoms with Crippen LogP contribution >= 0.6 is 11.6 Å². The third-order valence-corrected chi connectivity index (χ3v) is 6.57. The van der Waals surface area contributed by atoms with E-state index in [1.54, 1.807) is 14.2 Å². The highest BCUT2D eigenvalue weighted by molar-refractivity contribution is 6.30. The number of benzene rings is 4. The smallest absolute Gasteiger partial charge is 0.161 e. The fourth-order valence-electron chi connectivity index (χ4n) is 4.81. The molecule has 0 unspecified atom stereocenters. The largest absolute Gasteiger partial charge is 0.493 e. The Morgan fingerprint density at radius 1 is 0.844 bits per heavy atom. The van der Waals surface area contributed by atoms with Gasteiger partial charge in [0.15, 0.2) is 11.5 Å². The van der Waals surface area contributed by atoms with Gasteiger partial charge in [0.05, 0.1) is 20.3 Å². The first kappa shape index (κ1) is 20.9. The standard InChI is InChI=1S/C28H26ClNO2/c1-31-26-16-22-12-13-30(18-19-10-11-20-6-3-4-7-21(20)14-19)28(25(22)17-27(26)32-2)23-8-5-9-24(29)15-23/h3-11,14-17,28H,12-13,18H2,1-2H3/t28-/m0/s1. The molecule has 5 rings (SSSR count). The van der Waals surface area contributed by atoms with Crippen molar-refractivity contribution in [2.24, 2.45) is 0 Å². The maximum atomic E-state index is 6.41. The molecule has 4 aromatic carbocycles. The molecule has 0 bridgehead atoms. The average Bonchev–Trinajstić information content (AvgIpc) is 2.83. The van der Waals surface area contributed by atoms with E-state index < -0.39 is 0 Å². The van der Waals surface area contributed by atoms with Gasteiger partial charge in [-0.05, 0) is 69.8 Å². The fourth-order valence-corrected chi connectivity index (χ4v) is 5.01. The summed E-state index contributed by atoms with van der Waals surface area (Å²) in [5.74, 6) is 1.53. The highest BCUT2D eigenvalue weighted by atomic mass is 35.5. The molecule has 0 radical (unpaired) electrons. The summed E-state index contributed by atoms with van der Waals surface area (Å²) >= 11 is 6.41. The van der Waals surface area contributed by atoms with Crippen LogP contribution in [0.4, 0.5) is 0 Å². The summed E-state index contributed by atoms with van der Waals surface area (Å²) in [6.07, 6.45) is 0.959. The fraction of sp³-hybridized carbons (Fsp3) is 0.214. The van der Waals surface area contributed by atoms with Gasteiger partial charge >= 0.3 is 0 Å². The maximum Gasteiger partial charge on any atom is 0.161 e. The van der Waals surface area contributed by atoms with Gasteiger partial charge in [-0.15, -0.1) is 0 Å². The van der Waals surface area contributed by atoms with Crippen LogP contribution in [0.15, 0.2) is 78.9 Å². The zero-order chi connectivity index (χ0) is 22.1. The molecule has 0 N–H and O–H groups in total. The summed E-state index contributed by atoms with van der Waals surface area (Å²) in [4.78, 5) is 2.53. The minimum atomic E-state index is 0.0868. The topological polar surface area (TPSA) is 21.7 Å². The van der Waals surface area contributed by atoms with Gasteiger partial charge in [-0.3, -0.25) is 4.90 Å². The molecule has 0 saturated heterocycles. The van der Waals surface area contributed by atoms with Gasteiger partial charge in [0, 0.05) is 18.1 Å². The highest BCUT2D eigenvalue weighted by Gasteiger charge is 2.30. The molecule has 4 heteroatoms. The Kier molecular flexibility index (Phi) is 5.77. The second kappa shape index (κ2) is 8.85. The highest BCUT2D eigenvalue weighted by Crippen LogP contribution is 2.42. The number of rotatable bonds is 5. The second-order valence-electron chi connectivity index (χ2n) is 8.27. The molecule has 0 saturated carbocycles. The van der Waals surface area contributed by atoms with Crippen LogP contribution in [0.1, 0.15) is 28.3 Å². The summed E-state index contributed by atoms with van der Waals surface area (Å²) in [6, 6.07) is 27.8. The van der Waals surface area contributed by atoms with Crippen molar-refractivity contribution in [3.05, 3.63) is 106 Å². The van der Waals surface area contributed by atoms with Crippen LogP contribution in [0.25, 0.3) is 10.8 Å². The Hall–Kier alpha value is -3.01. The minimum Gasteiger partial charge on any atom is -0.493 e. The van der Waals surface area contributed by atoms with E-state index in [9.17, 15) is 0 Å². The van der Waals surface area contributed by atoms with E-state index in [1.807, 2.05) is 12.1 Å². The predicted octanol–water partition coefficient (Wildman–Crippen LogP) is 6.66. The van der Waals surface area contributed by atoms with Crippen LogP contribution in [-0.4, -0.2) is 25.7 Å². The van der Waals surface area contributed by atoms with Crippen LogP contribution in [0, 0.1) is 0 Å². The van der Waals surface area contributed by atoms with Crippen LogP contribution in [0.3, 0.4) is 0 Å². The molecule has 1 heterocycles. The van der Waals surface area contributed by atoms with Gasteiger partial charge < -0.3 is 9.47 Å². The lowest BCUT2D eigenvalue weighted by atomic mass is 9.87. The molecule has 0 aromatic heterocycles. The number of ether oxygens (including phenoxy) is 2. The minimum absolute atomic E-state index is 0.0868. The van der Waals surface area contributed by atoms with Crippen molar-refractivity contribution in [3.63, 3.8) is 0 Å². The van der Waals surface area contributed by atoms with Crippen LogP contribution in [0.5, 0.6) is 11.5 Å². The molecule has 1 aliphatic heterocycles. The zero-order valence-corrected chi connectivity index (χ0v) is 19.1. The molecule has 32 heavy (non-hydrogen) atoms. The second-order valence-corrected chi connectivity index (χ2v) is 8.70. The molecular weight excluding hydrogens is 418 g/mol. The van der Waals surface area contributed by atoms with E-state index in [2.05, 4.69) is 71.6 Å². The Balaban J connectivity index is 1.58. The Bertz CT molecular complexity index is 1270. The Labute approximate surface area is 194 Å². The average molecular weight is 444 g/mol. The molecule has 1 aliphatic rings. The molecule has 162 valence electrons. The van der Waals surface area contributed by atoms with Crippen molar-refractivity contribution < 1.29 is 9.47 Å². The monoisotopic (exact) mass is 443 g/mol. The van der Waals surface area contributed by atoms with Crippen molar-refractivity contribution >= 4 is 22.4 Å². The van der Waals surface area contributed by atoms with E-state index in [4.69, 9.17) is 21.1 Å². The van der Waals surface area contributed by atoms with Gasteiger partial charge in [-0.1, -0.05) is 60.1 Å². The van der Waals surface area contributed by atoms with Gasteiger partial charge in [-0.25, -0.2) is 0 Å². The van der Waals surface area contributed by atoms with Gasteiger partial charge in [-0.2, -0.15) is 0 Å². The molecular formula is C28H26ClNO2. The first-order valence-corrected chi connectivity index (χ1v) is 11.3. The number of methoxy groups -OCH3 is 2. The molecule has 0 fully saturated rings. The molecule has 4 aromatic rings. The van der Waals surface area contributed by atoms with Crippen molar-refractivity contribution in [2.75, 3.05) is 20.8 Å². The zero-order valence-electron chi connectivity index (χ0n) is 18.3. The van der Waals surface area contributed by atoms with E-state index in [0.717, 1.165) is 36.0 Å². The molecule has 0 spiro atoms. The molecule has 1 atom stereocenters. The normalized spacial score (nSPS) is 16.0. The third kappa shape index (κ3) is 3.94. The van der Waals surface area contributed by atoms with Crippen molar-refractivity contribution in [1.82, 2.24) is 4.90 Å². The number of hydrogen-bond acceptors (Lipinski definition) is 3.